The molecule has 0 aromatic heterocycles. The smallest absolute Gasteiger partial charge is 0.0438 e. The van der Waals surface area contributed by atoms with Crippen molar-refractivity contribution in [1.82, 2.24) is 0 Å². The molecule has 0 aliphatic rings. The molecule has 0 aliphatic heterocycles. The van der Waals surface area contributed by atoms with E-state index in [-0.39, 0.29) is 6.04 Å². The number of hydrogen-bond donors (Lipinski definition) is 1. The molecule has 0 saturated heterocycles. The molecule has 82 valence electrons. The zero-order valence-corrected chi connectivity index (χ0v) is 9.69. The molecule has 0 fully saturated rings. The van der Waals surface area contributed by atoms with Crippen LogP contribution in [0.25, 0.3) is 0 Å². The van der Waals surface area contributed by atoms with Crippen molar-refractivity contribution in [2.24, 2.45) is 5.73 Å². The van der Waals surface area contributed by atoms with E-state index < -0.39 is 0 Å². The Bertz CT molecular complexity index is 453. The first-order valence-corrected chi connectivity index (χ1v) is 5.69. The summed E-state index contributed by atoms with van der Waals surface area (Å²) in [7, 11) is 0. The van der Waals surface area contributed by atoms with Crippen LogP contribution in [0.4, 0.5) is 0 Å². The number of benzene rings is 2. The van der Waals surface area contributed by atoms with Gasteiger partial charge in [-0.1, -0.05) is 60.1 Å². The van der Waals surface area contributed by atoms with E-state index in [2.05, 4.69) is 0 Å². The fraction of sp³-hybridized carbons (Fsp3) is 0.143. The van der Waals surface area contributed by atoms with E-state index >= 15 is 0 Å². The van der Waals surface area contributed by atoms with Crippen LogP contribution in [0.5, 0.6) is 0 Å². The van der Waals surface area contributed by atoms with Crippen LogP contribution >= 0.6 is 11.6 Å². The molecule has 2 heteroatoms. The molecule has 0 aliphatic carbocycles. The van der Waals surface area contributed by atoms with Crippen molar-refractivity contribution in [3.63, 3.8) is 0 Å². The molecular formula is C14H14ClN. The monoisotopic (exact) mass is 231 g/mol. The molecule has 0 spiro atoms. The summed E-state index contributed by atoms with van der Waals surface area (Å²) in [4.78, 5) is 0. The lowest BCUT2D eigenvalue weighted by atomic mass is 10.00. The molecule has 2 rings (SSSR count). The summed E-state index contributed by atoms with van der Waals surface area (Å²) in [6, 6.07) is 17.9. The topological polar surface area (TPSA) is 26.0 Å². The Kier molecular flexibility index (Phi) is 3.60. The van der Waals surface area contributed by atoms with Gasteiger partial charge in [0.25, 0.3) is 0 Å². The van der Waals surface area contributed by atoms with Crippen LogP contribution in [-0.4, -0.2) is 0 Å². The average Bonchev–Trinajstić information content (AvgIpc) is 2.33. The molecule has 2 aromatic rings. The maximum absolute atomic E-state index is 6.14. The standard InChI is InChI=1S/C14H14ClN/c15-13-9-5-4-8-12(13)10-14(16)11-6-2-1-3-7-11/h1-9,14H,10,16H2/t14-/m0/s1. The summed E-state index contributed by atoms with van der Waals surface area (Å²) in [5, 5.41) is 0.786. The number of nitrogens with two attached hydrogens (primary N) is 1. The third-order valence-electron chi connectivity index (χ3n) is 2.63. The minimum Gasteiger partial charge on any atom is -0.324 e. The highest BCUT2D eigenvalue weighted by atomic mass is 35.5. The van der Waals surface area contributed by atoms with Gasteiger partial charge in [-0.05, 0) is 23.6 Å². The lowest BCUT2D eigenvalue weighted by Gasteiger charge is -2.12. The zero-order chi connectivity index (χ0) is 11.4. The Morgan fingerprint density at radius 1 is 0.938 bits per heavy atom. The fourth-order valence-corrected chi connectivity index (χ4v) is 1.93. The van der Waals surface area contributed by atoms with Crippen molar-refractivity contribution < 1.29 is 0 Å². The third kappa shape index (κ3) is 2.63. The van der Waals surface area contributed by atoms with E-state index in [1.54, 1.807) is 0 Å². The van der Waals surface area contributed by atoms with Gasteiger partial charge < -0.3 is 5.73 Å². The van der Waals surface area contributed by atoms with Crippen molar-refractivity contribution in [2.45, 2.75) is 12.5 Å². The second-order valence-electron chi connectivity index (χ2n) is 3.81. The zero-order valence-electron chi connectivity index (χ0n) is 8.94. The van der Waals surface area contributed by atoms with Crippen molar-refractivity contribution in [3.8, 4) is 0 Å². The van der Waals surface area contributed by atoms with Crippen molar-refractivity contribution in [1.29, 1.82) is 0 Å². The summed E-state index contributed by atoms with van der Waals surface area (Å²) in [5.41, 5.74) is 8.38. The molecule has 0 heterocycles. The summed E-state index contributed by atoms with van der Waals surface area (Å²) in [6.45, 7) is 0. The number of rotatable bonds is 3. The number of halogens is 1. The average molecular weight is 232 g/mol. The molecule has 1 nitrogen and oxygen atoms in total. The maximum Gasteiger partial charge on any atom is 0.0438 e. The van der Waals surface area contributed by atoms with Crippen molar-refractivity contribution in [2.75, 3.05) is 0 Å². The second kappa shape index (κ2) is 5.15. The van der Waals surface area contributed by atoms with Gasteiger partial charge in [0.05, 0.1) is 0 Å². The van der Waals surface area contributed by atoms with Gasteiger partial charge in [0, 0.05) is 11.1 Å². The summed E-state index contributed by atoms with van der Waals surface area (Å²) in [6.07, 6.45) is 0.768. The first kappa shape index (κ1) is 11.2. The predicted molar refractivity (Wildman–Crippen MR) is 68.5 cm³/mol. The normalized spacial score (nSPS) is 12.4. The van der Waals surface area contributed by atoms with Crippen LogP contribution in [0.15, 0.2) is 54.6 Å². The molecule has 16 heavy (non-hydrogen) atoms. The lowest BCUT2D eigenvalue weighted by Crippen LogP contribution is -2.13. The molecule has 0 bridgehead atoms. The molecule has 2 aromatic carbocycles. The fourth-order valence-electron chi connectivity index (χ4n) is 1.72. The Balaban J connectivity index is 2.14. The molecule has 0 amide bonds. The second-order valence-corrected chi connectivity index (χ2v) is 4.22. The first-order chi connectivity index (χ1) is 7.77. The quantitative estimate of drug-likeness (QED) is 0.859. The van der Waals surface area contributed by atoms with Gasteiger partial charge in [-0.15, -0.1) is 0 Å². The van der Waals surface area contributed by atoms with Gasteiger partial charge in [0.2, 0.25) is 0 Å². The van der Waals surface area contributed by atoms with E-state index in [0.717, 1.165) is 22.6 Å². The van der Waals surface area contributed by atoms with Crippen LogP contribution < -0.4 is 5.73 Å². The Labute approximate surface area is 101 Å². The van der Waals surface area contributed by atoms with Crippen LogP contribution in [0, 0.1) is 0 Å². The first-order valence-electron chi connectivity index (χ1n) is 5.31. The van der Waals surface area contributed by atoms with E-state index in [1.165, 1.54) is 0 Å². The summed E-state index contributed by atoms with van der Waals surface area (Å²) >= 11 is 6.10. The van der Waals surface area contributed by atoms with Crippen LogP contribution in [0.1, 0.15) is 17.2 Å². The molecular weight excluding hydrogens is 218 g/mol. The van der Waals surface area contributed by atoms with Crippen LogP contribution in [0.3, 0.4) is 0 Å². The number of hydrogen-bond acceptors (Lipinski definition) is 1. The van der Waals surface area contributed by atoms with Gasteiger partial charge in [-0.3, -0.25) is 0 Å². The van der Waals surface area contributed by atoms with E-state index in [4.69, 9.17) is 17.3 Å². The van der Waals surface area contributed by atoms with Crippen LogP contribution in [0.2, 0.25) is 5.02 Å². The molecule has 0 radical (unpaired) electrons. The van der Waals surface area contributed by atoms with Gasteiger partial charge in [0.15, 0.2) is 0 Å². The Morgan fingerprint density at radius 3 is 2.25 bits per heavy atom. The highest BCUT2D eigenvalue weighted by Crippen LogP contribution is 2.21. The molecule has 0 unspecified atom stereocenters. The molecule has 2 N–H and O–H groups in total. The van der Waals surface area contributed by atoms with Gasteiger partial charge >= 0.3 is 0 Å². The minimum absolute atomic E-state index is 0.00102. The SMILES string of the molecule is N[C@@H](Cc1ccccc1Cl)c1ccccc1. The Morgan fingerprint density at radius 2 is 1.56 bits per heavy atom. The van der Waals surface area contributed by atoms with Gasteiger partial charge in [0.1, 0.15) is 0 Å². The van der Waals surface area contributed by atoms with E-state index in [1.807, 2.05) is 54.6 Å². The summed E-state index contributed by atoms with van der Waals surface area (Å²) < 4.78 is 0. The Hall–Kier alpha value is -1.31. The van der Waals surface area contributed by atoms with E-state index in [9.17, 15) is 0 Å². The highest BCUT2D eigenvalue weighted by Gasteiger charge is 2.08. The van der Waals surface area contributed by atoms with Crippen molar-refractivity contribution in [3.05, 3.63) is 70.7 Å². The molecule has 1 atom stereocenters. The minimum atomic E-state index is 0.00102. The van der Waals surface area contributed by atoms with Crippen LogP contribution in [-0.2, 0) is 6.42 Å². The summed E-state index contributed by atoms with van der Waals surface area (Å²) in [5.74, 6) is 0. The maximum atomic E-state index is 6.14. The highest BCUT2D eigenvalue weighted by molar-refractivity contribution is 6.31. The lowest BCUT2D eigenvalue weighted by molar-refractivity contribution is 0.722. The largest absolute Gasteiger partial charge is 0.324 e. The van der Waals surface area contributed by atoms with Gasteiger partial charge in [-0.2, -0.15) is 0 Å². The third-order valence-corrected chi connectivity index (χ3v) is 2.99. The van der Waals surface area contributed by atoms with Crippen molar-refractivity contribution >= 4 is 11.6 Å². The van der Waals surface area contributed by atoms with Gasteiger partial charge in [-0.25, -0.2) is 0 Å². The van der Waals surface area contributed by atoms with E-state index in [0.29, 0.717) is 0 Å². The molecule has 0 saturated carbocycles. The predicted octanol–water partition coefficient (Wildman–Crippen LogP) is 3.58.